The monoisotopic (exact) mass is 311 g/mol. The van der Waals surface area contributed by atoms with Crippen molar-refractivity contribution in [3.63, 3.8) is 0 Å². The van der Waals surface area contributed by atoms with E-state index in [2.05, 4.69) is 5.32 Å². The smallest absolute Gasteiger partial charge is 0.238 e. The number of halogens is 1. The van der Waals surface area contributed by atoms with Crippen LogP contribution in [0.25, 0.3) is 0 Å². The number of hydrogen-bond donors (Lipinski definition) is 1. The van der Waals surface area contributed by atoms with Crippen LogP contribution in [0.2, 0.25) is 5.02 Å². The molecule has 0 heterocycles. The average molecular weight is 312 g/mol. The van der Waals surface area contributed by atoms with Crippen LogP contribution in [0.15, 0.2) is 24.3 Å². The van der Waals surface area contributed by atoms with Crippen molar-refractivity contribution in [2.24, 2.45) is 0 Å². The fourth-order valence-corrected chi connectivity index (χ4v) is 2.07. The van der Waals surface area contributed by atoms with Gasteiger partial charge in [-0.2, -0.15) is 0 Å². The first-order valence-electron chi connectivity index (χ1n) is 6.98. The summed E-state index contributed by atoms with van der Waals surface area (Å²) >= 11 is 5.78. The highest BCUT2D eigenvalue weighted by atomic mass is 35.5. The van der Waals surface area contributed by atoms with E-state index in [1.54, 1.807) is 41.1 Å². The topological polar surface area (TPSA) is 52.7 Å². The number of hydrogen-bond acceptors (Lipinski definition) is 3. The average Bonchev–Trinajstić information content (AvgIpc) is 2.42. The molecule has 0 aliphatic carbocycles. The van der Waals surface area contributed by atoms with Crippen LogP contribution in [0.3, 0.4) is 0 Å². The fourth-order valence-electron chi connectivity index (χ4n) is 1.94. The molecule has 1 aromatic rings. The first kappa shape index (κ1) is 17.5. The summed E-state index contributed by atoms with van der Waals surface area (Å²) in [6.07, 6.45) is 0. The zero-order valence-electron chi connectivity index (χ0n) is 12.7. The van der Waals surface area contributed by atoms with Crippen LogP contribution in [-0.2, 0) is 9.59 Å². The molecule has 0 saturated heterocycles. The maximum absolute atomic E-state index is 11.9. The Morgan fingerprint density at radius 2 is 1.67 bits per heavy atom. The van der Waals surface area contributed by atoms with Gasteiger partial charge in [-0.15, -0.1) is 0 Å². The van der Waals surface area contributed by atoms with E-state index in [0.717, 1.165) is 0 Å². The van der Waals surface area contributed by atoms with Gasteiger partial charge >= 0.3 is 0 Å². The molecule has 1 aromatic carbocycles. The Hall–Kier alpha value is -1.59. The van der Waals surface area contributed by atoms with Crippen LogP contribution < -0.4 is 5.32 Å². The minimum atomic E-state index is -0.160. The molecule has 0 spiro atoms. The second-order valence-electron chi connectivity index (χ2n) is 4.79. The van der Waals surface area contributed by atoms with Gasteiger partial charge in [-0.1, -0.05) is 11.6 Å². The molecule has 0 aromatic heterocycles. The number of anilines is 1. The van der Waals surface area contributed by atoms with Gasteiger partial charge < -0.3 is 10.2 Å². The minimum absolute atomic E-state index is 0.0294. The Morgan fingerprint density at radius 3 is 2.19 bits per heavy atom. The number of likely N-dealkylation sites (N-methyl/N-ethyl adjacent to an activating group) is 2. The fraction of sp³-hybridized carbons (Fsp3) is 0.467. The highest BCUT2D eigenvalue weighted by Gasteiger charge is 2.14. The molecule has 0 saturated carbocycles. The second-order valence-corrected chi connectivity index (χ2v) is 5.23. The second kappa shape index (κ2) is 8.64. The van der Waals surface area contributed by atoms with Gasteiger partial charge in [-0.25, -0.2) is 0 Å². The van der Waals surface area contributed by atoms with Crippen LogP contribution in [0, 0.1) is 0 Å². The lowest BCUT2D eigenvalue weighted by Crippen LogP contribution is -2.41. The molecule has 0 unspecified atom stereocenters. The van der Waals surface area contributed by atoms with Gasteiger partial charge in [0.25, 0.3) is 0 Å². The van der Waals surface area contributed by atoms with Crippen LogP contribution in [0.5, 0.6) is 0 Å². The molecule has 5 nitrogen and oxygen atoms in total. The van der Waals surface area contributed by atoms with E-state index in [1.165, 1.54) is 0 Å². The number of carbonyl (C=O) groups is 2. The third kappa shape index (κ3) is 6.14. The number of amides is 2. The largest absolute Gasteiger partial charge is 0.342 e. The Labute approximate surface area is 130 Å². The van der Waals surface area contributed by atoms with Gasteiger partial charge in [0.05, 0.1) is 13.1 Å². The maximum Gasteiger partial charge on any atom is 0.238 e. The first-order chi connectivity index (χ1) is 9.96. The van der Waals surface area contributed by atoms with E-state index >= 15 is 0 Å². The van der Waals surface area contributed by atoms with Gasteiger partial charge in [0.15, 0.2) is 0 Å². The van der Waals surface area contributed by atoms with Crippen molar-refractivity contribution in [1.82, 2.24) is 9.80 Å². The molecular formula is C15H22ClN3O2. The molecule has 0 atom stereocenters. The number of benzene rings is 1. The zero-order valence-corrected chi connectivity index (χ0v) is 13.5. The summed E-state index contributed by atoms with van der Waals surface area (Å²) in [4.78, 5) is 27.3. The van der Waals surface area contributed by atoms with E-state index in [0.29, 0.717) is 23.8 Å². The van der Waals surface area contributed by atoms with Crippen LogP contribution in [0.4, 0.5) is 5.69 Å². The Morgan fingerprint density at radius 1 is 1.10 bits per heavy atom. The predicted molar refractivity (Wildman–Crippen MR) is 85.5 cm³/mol. The van der Waals surface area contributed by atoms with E-state index in [1.807, 2.05) is 13.8 Å². The van der Waals surface area contributed by atoms with Gasteiger partial charge in [-0.3, -0.25) is 14.5 Å². The van der Waals surface area contributed by atoms with Crippen molar-refractivity contribution < 1.29 is 9.59 Å². The number of nitrogens with zero attached hydrogens (tertiary/aromatic N) is 2. The number of carbonyl (C=O) groups excluding carboxylic acids is 2. The van der Waals surface area contributed by atoms with E-state index in [-0.39, 0.29) is 24.9 Å². The highest BCUT2D eigenvalue weighted by molar-refractivity contribution is 6.30. The van der Waals surface area contributed by atoms with Crippen molar-refractivity contribution >= 4 is 29.1 Å². The standard InChI is InChI=1S/C15H22ClN3O2/c1-4-19(5-2)15(21)11-18(3)10-14(20)17-13-8-6-12(16)7-9-13/h6-9H,4-5,10-11H2,1-3H3,(H,17,20). The summed E-state index contributed by atoms with van der Waals surface area (Å²) in [5.41, 5.74) is 0.688. The maximum atomic E-state index is 11.9. The molecule has 1 rings (SSSR count). The molecule has 0 radical (unpaired) electrons. The van der Waals surface area contributed by atoms with Crippen LogP contribution in [0.1, 0.15) is 13.8 Å². The van der Waals surface area contributed by atoms with E-state index in [4.69, 9.17) is 11.6 Å². The Kier molecular flexibility index (Phi) is 7.19. The van der Waals surface area contributed by atoms with Crippen molar-refractivity contribution in [3.8, 4) is 0 Å². The molecule has 1 N–H and O–H groups in total. The molecular weight excluding hydrogens is 290 g/mol. The summed E-state index contributed by atoms with van der Waals surface area (Å²) in [7, 11) is 1.75. The lowest BCUT2D eigenvalue weighted by molar-refractivity contribution is -0.132. The quantitative estimate of drug-likeness (QED) is 0.839. The number of nitrogens with one attached hydrogen (secondary N) is 1. The van der Waals surface area contributed by atoms with E-state index in [9.17, 15) is 9.59 Å². The predicted octanol–water partition coefficient (Wildman–Crippen LogP) is 2.08. The molecule has 0 fully saturated rings. The van der Waals surface area contributed by atoms with Crippen molar-refractivity contribution in [3.05, 3.63) is 29.3 Å². The minimum Gasteiger partial charge on any atom is -0.342 e. The zero-order chi connectivity index (χ0) is 15.8. The summed E-state index contributed by atoms with van der Waals surface area (Å²) in [5, 5.41) is 3.39. The molecule has 0 bridgehead atoms. The molecule has 2 amide bonds. The van der Waals surface area contributed by atoms with Gasteiger partial charge in [0.1, 0.15) is 0 Å². The van der Waals surface area contributed by atoms with Crippen molar-refractivity contribution in [1.29, 1.82) is 0 Å². The summed E-state index contributed by atoms with van der Waals surface area (Å²) in [6, 6.07) is 6.90. The SMILES string of the molecule is CCN(CC)C(=O)CN(C)CC(=O)Nc1ccc(Cl)cc1. The van der Waals surface area contributed by atoms with Crippen molar-refractivity contribution in [2.75, 3.05) is 38.5 Å². The highest BCUT2D eigenvalue weighted by Crippen LogP contribution is 2.13. The third-order valence-electron chi connectivity index (χ3n) is 3.06. The van der Waals surface area contributed by atoms with Gasteiger partial charge in [0, 0.05) is 23.8 Å². The van der Waals surface area contributed by atoms with Crippen LogP contribution >= 0.6 is 11.6 Å². The molecule has 116 valence electrons. The lowest BCUT2D eigenvalue weighted by atomic mass is 10.3. The van der Waals surface area contributed by atoms with Gasteiger partial charge in [0.2, 0.25) is 11.8 Å². The van der Waals surface area contributed by atoms with Crippen LogP contribution in [-0.4, -0.2) is 54.8 Å². The van der Waals surface area contributed by atoms with E-state index < -0.39 is 0 Å². The molecule has 21 heavy (non-hydrogen) atoms. The third-order valence-corrected chi connectivity index (χ3v) is 3.31. The lowest BCUT2D eigenvalue weighted by Gasteiger charge is -2.22. The summed E-state index contributed by atoms with van der Waals surface area (Å²) < 4.78 is 0. The molecule has 6 heteroatoms. The van der Waals surface area contributed by atoms with Gasteiger partial charge in [-0.05, 0) is 45.2 Å². The normalized spacial score (nSPS) is 10.5. The van der Waals surface area contributed by atoms with Crippen molar-refractivity contribution in [2.45, 2.75) is 13.8 Å². The Balaban J connectivity index is 2.43. The molecule has 0 aliphatic rings. The molecule has 0 aliphatic heterocycles. The Bertz CT molecular complexity index is 472. The first-order valence-corrected chi connectivity index (χ1v) is 7.35. The number of rotatable bonds is 7. The summed E-state index contributed by atoms with van der Waals surface area (Å²) in [5.74, 6) is -0.131. The summed E-state index contributed by atoms with van der Waals surface area (Å²) in [6.45, 7) is 5.63.